The number of rotatable bonds is 6. The first-order valence-electron chi connectivity index (χ1n) is 9.16. The molecule has 9 nitrogen and oxygen atoms in total. The number of aromatic nitrogens is 3. The number of carbonyl (C=O) groups is 2. The molecule has 2 heterocycles. The number of halogens is 1. The molecule has 0 spiro atoms. The number of benzene rings is 2. The van der Waals surface area contributed by atoms with Crippen LogP contribution in [0.5, 0.6) is 0 Å². The van der Waals surface area contributed by atoms with E-state index in [1.165, 1.54) is 35.6 Å². The molecule has 1 aliphatic heterocycles. The quantitative estimate of drug-likeness (QED) is 0.642. The van der Waals surface area contributed by atoms with Crippen molar-refractivity contribution in [2.45, 2.75) is 19.0 Å². The van der Waals surface area contributed by atoms with E-state index in [9.17, 15) is 14.0 Å². The first kappa shape index (κ1) is 19.2. The highest BCUT2D eigenvalue weighted by molar-refractivity contribution is 6.44. The number of hydrogen-bond donors (Lipinski definition) is 2. The first-order valence-corrected chi connectivity index (χ1v) is 9.16. The largest absolute Gasteiger partial charge is 0.368 e. The van der Waals surface area contributed by atoms with Crippen molar-refractivity contribution in [2.24, 2.45) is 10.8 Å². The molecule has 30 heavy (non-hydrogen) atoms. The molecule has 0 fully saturated rings. The van der Waals surface area contributed by atoms with Gasteiger partial charge in [-0.05, 0) is 29.8 Å². The molecule has 0 saturated heterocycles. The molecule has 1 atom stereocenters. The molecule has 2 amide bonds. The van der Waals surface area contributed by atoms with Crippen LogP contribution in [0, 0.1) is 5.82 Å². The minimum atomic E-state index is -0.847. The summed E-state index contributed by atoms with van der Waals surface area (Å²) in [5, 5.41) is 12.3. The summed E-state index contributed by atoms with van der Waals surface area (Å²) in [6.07, 6.45) is 1.53. The summed E-state index contributed by atoms with van der Waals surface area (Å²) in [5.74, 6) is -1.48. The molecule has 4 rings (SSSR count). The molecule has 10 heteroatoms. The van der Waals surface area contributed by atoms with Gasteiger partial charge in [0.15, 0.2) is 0 Å². The van der Waals surface area contributed by atoms with Gasteiger partial charge in [-0.3, -0.25) is 19.9 Å². The Kier molecular flexibility index (Phi) is 5.21. The van der Waals surface area contributed by atoms with Gasteiger partial charge in [-0.15, -0.1) is 5.10 Å². The molecule has 0 aliphatic carbocycles. The average Bonchev–Trinajstić information content (AvgIpc) is 3.37. The molecule has 2 aromatic carbocycles. The Bertz CT molecular complexity index is 1100. The van der Waals surface area contributed by atoms with E-state index in [4.69, 9.17) is 5.73 Å². The topological polar surface area (TPSA) is 118 Å². The lowest BCUT2D eigenvalue weighted by Gasteiger charge is -2.20. The van der Waals surface area contributed by atoms with Crippen LogP contribution < -0.4 is 16.1 Å². The number of nitrogens with zero attached hydrogens (tertiary/aromatic N) is 5. The fraction of sp³-hybridized carbons (Fsp3) is 0.150. The van der Waals surface area contributed by atoms with Crippen molar-refractivity contribution in [3.63, 3.8) is 0 Å². The summed E-state index contributed by atoms with van der Waals surface area (Å²) in [5.41, 5.74) is 7.05. The molecule has 152 valence electrons. The Hall–Kier alpha value is -4.08. The number of nitrogens with two attached hydrogens (primary N) is 1. The highest BCUT2D eigenvalue weighted by Crippen LogP contribution is 2.25. The molecular weight excluding hydrogens is 389 g/mol. The average molecular weight is 407 g/mol. The lowest BCUT2D eigenvalue weighted by atomic mass is 10.1. The second-order valence-corrected chi connectivity index (χ2v) is 6.70. The van der Waals surface area contributed by atoms with Gasteiger partial charge in [-0.25, -0.2) is 14.1 Å². The molecular formula is C20H18FN7O2. The minimum Gasteiger partial charge on any atom is -0.368 e. The summed E-state index contributed by atoms with van der Waals surface area (Å²) < 4.78 is 14.8. The van der Waals surface area contributed by atoms with E-state index in [1.54, 1.807) is 4.68 Å². The molecule has 0 bridgehead atoms. The van der Waals surface area contributed by atoms with Gasteiger partial charge < -0.3 is 5.73 Å². The number of hydrogen-bond acceptors (Lipinski definition) is 6. The van der Waals surface area contributed by atoms with Crippen LogP contribution in [0.3, 0.4) is 0 Å². The number of carbonyl (C=O) groups excluding carboxylic acids is 2. The predicted molar refractivity (Wildman–Crippen MR) is 108 cm³/mol. The fourth-order valence-corrected chi connectivity index (χ4v) is 3.07. The smallest absolute Gasteiger partial charge is 0.274 e. The molecule has 3 aromatic rings. The van der Waals surface area contributed by atoms with Gasteiger partial charge in [-0.1, -0.05) is 30.3 Å². The van der Waals surface area contributed by atoms with Crippen molar-refractivity contribution in [3.8, 4) is 0 Å². The highest BCUT2D eigenvalue weighted by atomic mass is 19.1. The Morgan fingerprint density at radius 1 is 1.13 bits per heavy atom. The van der Waals surface area contributed by atoms with Crippen molar-refractivity contribution in [1.29, 1.82) is 0 Å². The van der Waals surface area contributed by atoms with Crippen LogP contribution in [0.25, 0.3) is 0 Å². The standard InChI is InChI=1S/C20H18FN7O2/c21-14-6-8-15(9-7-14)28-17(18(22)29)10-16(25-28)19(30)24-20-23-12-27(26-20)11-13-4-2-1-3-5-13/h1-9,12,17H,10-11H2,(H2,22,29)(H,24,26,30). The maximum atomic E-state index is 13.2. The van der Waals surface area contributed by atoms with Crippen LogP contribution in [0.2, 0.25) is 0 Å². The maximum absolute atomic E-state index is 13.2. The second-order valence-electron chi connectivity index (χ2n) is 6.70. The summed E-state index contributed by atoms with van der Waals surface area (Å²) in [4.78, 5) is 28.5. The maximum Gasteiger partial charge on any atom is 0.274 e. The van der Waals surface area contributed by atoms with E-state index in [0.29, 0.717) is 12.2 Å². The SMILES string of the molecule is NC(=O)C1CC(C(=O)Nc2ncn(Cc3ccccc3)n2)=NN1c1ccc(F)cc1. The van der Waals surface area contributed by atoms with E-state index < -0.39 is 23.7 Å². The molecule has 3 N–H and O–H groups in total. The molecule has 1 aliphatic rings. The first-order chi connectivity index (χ1) is 14.5. The summed E-state index contributed by atoms with van der Waals surface area (Å²) in [6.45, 7) is 0.507. The van der Waals surface area contributed by atoms with Gasteiger partial charge in [0.25, 0.3) is 5.91 Å². The zero-order valence-corrected chi connectivity index (χ0v) is 15.8. The third kappa shape index (κ3) is 4.17. The molecule has 1 unspecified atom stereocenters. The number of nitrogens with one attached hydrogen (secondary N) is 1. The van der Waals surface area contributed by atoms with Crippen LogP contribution in [0.1, 0.15) is 12.0 Å². The third-order valence-electron chi connectivity index (χ3n) is 4.54. The summed E-state index contributed by atoms with van der Waals surface area (Å²) in [7, 11) is 0. The van der Waals surface area contributed by atoms with Crippen LogP contribution in [-0.4, -0.2) is 38.3 Å². The van der Waals surface area contributed by atoms with E-state index in [0.717, 1.165) is 5.56 Å². The van der Waals surface area contributed by atoms with Gasteiger partial charge >= 0.3 is 0 Å². The zero-order valence-electron chi connectivity index (χ0n) is 15.8. The predicted octanol–water partition coefficient (Wildman–Crippen LogP) is 1.52. The number of hydrazone groups is 1. The van der Waals surface area contributed by atoms with Gasteiger partial charge in [0.1, 0.15) is 23.9 Å². The van der Waals surface area contributed by atoms with Crippen LogP contribution in [-0.2, 0) is 16.1 Å². The third-order valence-corrected chi connectivity index (χ3v) is 4.54. The van der Waals surface area contributed by atoms with E-state index in [2.05, 4.69) is 20.5 Å². The zero-order chi connectivity index (χ0) is 21.1. The van der Waals surface area contributed by atoms with Crippen molar-refractivity contribution in [1.82, 2.24) is 14.8 Å². The molecule has 0 radical (unpaired) electrons. The lowest BCUT2D eigenvalue weighted by molar-refractivity contribution is -0.119. The van der Waals surface area contributed by atoms with E-state index in [-0.39, 0.29) is 18.1 Å². The van der Waals surface area contributed by atoms with Crippen molar-refractivity contribution in [3.05, 3.63) is 72.3 Å². The van der Waals surface area contributed by atoms with Crippen molar-refractivity contribution >= 4 is 29.2 Å². The summed E-state index contributed by atoms with van der Waals surface area (Å²) >= 11 is 0. The van der Waals surface area contributed by atoms with Gasteiger partial charge in [-0.2, -0.15) is 5.10 Å². The number of anilines is 2. The fourth-order valence-electron chi connectivity index (χ4n) is 3.07. The Morgan fingerprint density at radius 2 is 1.87 bits per heavy atom. The van der Waals surface area contributed by atoms with Crippen LogP contribution in [0.4, 0.5) is 16.0 Å². The number of primary amides is 1. The monoisotopic (exact) mass is 407 g/mol. The summed E-state index contributed by atoms with van der Waals surface area (Å²) in [6, 6.07) is 14.2. The normalized spacial score (nSPS) is 15.7. The Morgan fingerprint density at radius 3 is 2.57 bits per heavy atom. The van der Waals surface area contributed by atoms with Gasteiger partial charge in [0, 0.05) is 6.42 Å². The van der Waals surface area contributed by atoms with Crippen molar-refractivity contribution < 1.29 is 14.0 Å². The molecule has 0 saturated carbocycles. The van der Waals surface area contributed by atoms with Gasteiger partial charge in [0.05, 0.1) is 12.2 Å². The second kappa shape index (κ2) is 8.11. The Labute approximate surface area is 171 Å². The number of amides is 2. The molecule has 1 aromatic heterocycles. The van der Waals surface area contributed by atoms with Crippen LogP contribution >= 0.6 is 0 Å². The van der Waals surface area contributed by atoms with E-state index >= 15 is 0 Å². The van der Waals surface area contributed by atoms with Crippen LogP contribution in [0.15, 0.2) is 66.0 Å². The highest BCUT2D eigenvalue weighted by Gasteiger charge is 2.35. The van der Waals surface area contributed by atoms with Crippen molar-refractivity contribution in [2.75, 3.05) is 10.3 Å². The lowest BCUT2D eigenvalue weighted by Crippen LogP contribution is -2.39. The van der Waals surface area contributed by atoms with E-state index in [1.807, 2.05) is 30.3 Å². The van der Waals surface area contributed by atoms with Gasteiger partial charge in [0.2, 0.25) is 11.9 Å². The minimum absolute atomic E-state index is 0.0171. The Balaban J connectivity index is 1.47.